The Morgan fingerprint density at radius 1 is 0.871 bits per heavy atom. The molecule has 158 valence electrons. The lowest BCUT2D eigenvalue weighted by atomic mass is 10.1. The summed E-state index contributed by atoms with van der Waals surface area (Å²) in [6, 6.07) is 19.6. The summed E-state index contributed by atoms with van der Waals surface area (Å²) in [7, 11) is 2.17. The number of pyridine rings is 1. The van der Waals surface area contributed by atoms with Crippen molar-refractivity contribution in [3.05, 3.63) is 83.1 Å². The minimum absolute atomic E-state index is 0.707. The van der Waals surface area contributed by atoms with Gasteiger partial charge in [0.2, 0.25) is 0 Å². The highest BCUT2D eigenvalue weighted by atomic mass is 35.5. The molecule has 31 heavy (non-hydrogen) atoms. The molecule has 5 heteroatoms. The van der Waals surface area contributed by atoms with Crippen LogP contribution in [-0.4, -0.2) is 61.2 Å². The van der Waals surface area contributed by atoms with Crippen molar-refractivity contribution in [2.24, 2.45) is 0 Å². The van der Waals surface area contributed by atoms with Gasteiger partial charge in [-0.3, -0.25) is 4.90 Å². The molecule has 2 heterocycles. The number of likely N-dealkylation sites (N-methyl/N-ethyl adjacent to an activating group) is 1. The Bertz CT molecular complexity index is 1030. The first-order valence-electron chi connectivity index (χ1n) is 10.5. The van der Waals surface area contributed by atoms with E-state index in [0.29, 0.717) is 6.61 Å². The van der Waals surface area contributed by atoms with E-state index < -0.39 is 0 Å². The third-order valence-electron chi connectivity index (χ3n) is 5.40. The van der Waals surface area contributed by atoms with E-state index in [4.69, 9.17) is 16.3 Å². The minimum Gasteiger partial charge on any atom is -0.492 e. The summed E-state index contributed by atoms with van der Waals surface area (Å²) in [5, 5.41) is 0.727. The van der Waals surface area contributed by atoms with E-state index in [9.17, 15) is 0 Å². The Kier molecular flexibility index (Phi) is 7.22. The Balaban J connectivity index is 1.28. The molecular weight excluding hydrogens is 406 g/mol. The first-order valence-corrected chi connectivity index (χ1v) is 10.9. The van der Waals surface area contributed by atoms with E-state index in [2.05, 4.69) is 33.7 Å². The summed E-state index contributed by atoms with van der Waals surface area (Å²) in [6.45, 7) is 6.16. The summed E-state index contributed by atoms with van der Waals surface area (Å²) in [4.78, 5) is 9.27. The second-order valence-electron chi connectivity index (χ2n) is 7.71. The van der Waals surface area contributed by atoms with Crippen molar-refractivity contribution in [2.45, 2.75) is 0 Å². The Morgan fingerprint density at radius 3 is 2.26 bits per heavy atom. The predicted molar refractivity (Wildman–Crippen MR) is 127 cm³/mol. The van der Waals surface area contributed by atoms with Crippen LogP contribution in [0.3, 0.4) is 0 Å². The number of piperazine rings is 1. The molecule has 0 atom stereocenters. The van der Waals surface area contributed by atoms with Crippen LogP contribution in [0, 0.1) is 11.8 Å². The fourth-order valence-electron chi connectivity index (χ4n) is 3.42. The summed E-state index contributed by atoms with van der Waals surface area (Å²) in [5.74, 6) is 7.17. The van der Waals surface area contributed by atoms with Crippen LogP contribution in [0.25, 0.3) is 11.1 Å². The molecule has 4 rings (SSSR count). The fraction of sp³-hybridized carbons (Fsp3) is 0.269. The van der Waals surface area contributed by atoms with Crippen molar-refractivity contribution in [1.29, 1.82) is 0 Å². The number of nitrogens with zero attached hydrogens (tertiary/aromatic N) is 3. The van der Waals surface area contributed by atoms with Gasteiger partial charge in [0.15, 0.2) is 0 Å². The van der Waals surface area contributed by atoms with Crippen LogP contribution in [-0.2, 0) is 0 Å². The van der Waals surface area contributed by atoms with Crippen molar-refractivity contribution in [3.8, 4) is 28.7 Å². The number of halogens is 1. The normalized spacial score (nSPS) is 14.6. The third kappa shape index (κ3) is 6.32. The second-order valence-corrected chi connectivity index (χ2v) is 8.14. The molecule has 0 amide bonds. The first-order chi connectivity index (χ1) is 15.2. The van der Waals surface area contributed by atoms with E-state index in [1.807, 2.05) is 66.9 Å². The summed E-state index contributed by atoms with van der Waals surface area (Å²) >= 11 is 5.95. The molecule has 0 bridgehead atoms. The van der Waals surface area contributed by atoms with Gasteiger partial charge < -0.3 is 9.64 Å². The van der Waals surface area contributed by atoms with Crippen LogP contribution < -0.4 is 4.74 Å². The van der Waals surface area contributed by atoms with Crippen molar-refractivity contribution in [2.75, 3.05) is 46.4 Å². The maximum Gasteiger partial charge on any atom is 0.119 e. The number of aromatic nitrogens is 1. The molecule has 1 aliphatic heterocycles. The van der Waals surface area contributed by atoms with Crippen LogP contribution >= 0.6 is 11.6 Å². The lowest BCUT2D eigenvalue weighted by Crippen LogP contribution is -2.45. The van der Waals surface area contributed by atoms with Crippen molar-refractivity contribution in [3.63, 3.8) is 0 Å². The molecule has 1 aliphatic rings. The molecule has 0 radical (unpaired) electrons. The van der Waals surface area contributed by atoms with Crippen LogP contribution in [0.4, 0.5) is 0 Å². The maximum absolute atomic E-state index is 5.95. The van der Waals surface area contributed by atoms with Gasteiger partial charge >= 0.3 is 0 Å². The zero-order valence-electron chi connectivity index (χ0n) is 17.7. The Labute approximate surface area is 189 Å². The zero-order chi connectivity index (χ0) is 21.5. The van der Waals surface area contributed by atoms with Gasteiger partial charge in [-0.05, 0) is 61.0 Å². The van der Waals surface area contributed by atoms with Gasteiger partial charge in [-0.1, -0.05) is 35.7 Å². The van der Waals surface area contributed by atoms with Crippen molar-refractivity contribution in [1.82, 2.24) is 14.8 Å². The average Bonchev–Trinajstić information content (AvgIpc) is 2.81. The lowest BCUT2D eigenvalue weighted by Gasteiger charge is -2.32. The number of ether oxygens (including phenoxy) is 1. The first kappa shape index (κ1) is 21.4. The van der Waals surface area contributed by atoms with Gasteiger partial charge in [-0.15, -0.1) is 0 Å². The van der Waals surface area contributed by atoms with Gasteiger partial charge in [0.25, 0.3) is 0 Å². The van der Waals surface area contributed by atoms with Crippen LogP contribution in [0.2, 0.25) is 5.02 Å². The largest absolute Gasteiger partial charge is 0.492 e. The maximum atomic E-state index is 5.95. The van der Waals surface area contributed by atoms with Crippen LogP contribution in [0.5, 0.6) is 5.75 Å². The number of hydrogen-bond acceptors (Lipinski definition) is 4. The van der Waals surface area contributed by atoms with E-state index in [0.717, 1.165) is 65.9 Å². The molecule has 0 saturated carbocycles. The SMILES string of the molecule is CN1CCN(CCOc2ccc(C#Cc3ccc(-c4ccc(Cl)cc4)cn3)cc2)CC1. The van der Waals surface area contributed by atoms with E-state index in [1.54, 1.807) is 0 Å². The number of rotatable bonds is 5. The summed E-state index contributed by atoms with van der Waals surface area (Å²) < 4.78 is 5.89. The molecule has 0 spiro atoms. The van der Waals surface area contributed by atoms with Gasteiger partial charge in [0.1, 0.15) is 18.1 Å². The van der Waals surface area contributed by atoms with E-state index in [-0.39, 0.29) is 0 Å². The van der Waals surface area contributed by atoms with E-state index >= 15 is 0 Å². The van der Waals surface area contributed by atoms with Crippen LogP contribution in [0.15, 0.2) is 66.9 Å². The summed E-state index contributed by atoms with van der Waals surface area (Å²) in [5.41, 5.74) is 3.81. The highest BCUT2D eigenvalue weighted by molar-refractivity contribution is 6.30. The van der Waals surface area contributed by atoms with E-state index in [1.165, 1.54) is 0 Å². The highest BCUT2D eigenvalue weighted by Crippen LogP contribution is 2.20. The molecular formula is C26H26ClN3O. The molecule has 0 unspecified atom stereocenters. The highest BCUT2D eigenvalue weighted by Gasteiger charge is 2.13. The zero-order valence-corrected chi connectivity index (χ0v) is 18.5. The van der Waals surface area contributed by atoms with Gasteiger partial charge in [0, 0.05) is 55.1 Å². The van der Waals surface area contributed by atoms with Crippen LogP contribution in [0.1, 0.15) is 11.3 Å². The van der Waals surface area contributed by atoms with Gasteiger partial charge in [-0.2, -0.15) is 0 Å². The average molecular weight is 432 g/mol. The lowest BCUT2D eigenvalue weighted by molar-refractivity contribution is 0.134. The number of benzene rings is 2. The smallest absolute Gasteiger partial charge is 0.119 e. The molecule has 0 N–H and O–H groups in total. The molecule has 1 saturated heterocycles. The Morgan fingerprint density at radius 2 is 1.58 bits per heavy atom. The van der Waals surface area contributed by atoms with Gasteiger partial charge in [0.05, 0.1) is 0 Å². The molecule has 2 aromatic carbocycles. The van der Waals surface area contributed by atoms with Gasteiger partial charge in [-0.25, -0.2) is 4.98 Å². The predicted octanol–water partition coefficient (Wildman–Crippen LogP) is 4.43. The molecule has 3 aromatic rings. The molecule has 1 fully saturated rings. The third-order valence-corrected chi connectivity index (χ3v) is 5.65. The molecule has 4 nitrogen and oxygen atoms in total. The second kappa shape index (κ2) is 10.5. The summed E-state index contributed by atoms with van der Waals surface area (Å²) in [6.07, 6.45) is 1.84. The number of hydrogen-bond donors (Lipinski definition) is 0. The molecule has 1 aromatic heterocycles. The standard InChI is InChI=1S/C26H26ClN3O/c1-29-14-16-30(17-15-29)18-19-31-26-12-3-21(4-13-26)2-10-25-11-7-23(20-28-25)22-5-8-24(27)9-6-22/h3-9,11-13,20H,14-19H2,1H3. The fourth-order valence-corrected chi connectivity index (χ4v) is 3.54. The van der Waals surface area contributed by atoms with Crippen molar-refractivity contribution >= 4 is 11.6 Å². The quantitative estimate of drug-likeness (QED) is 0.559. The minimum atomic E-state index is 0.707. The molecule has 0 aliphatic carbocycles. The topological polar surface area (TPSA) is 28.6 Å². The van der Waals surface area contributed by atoms with Crippen molar-refractivity contribution < 1.29 is 4.74 Å². The monoisotopic (exact) mass is 431 g/mol. The Hall–Kier alpha value is -2.84.